The number of hydrogen-bond acceptors (Lipinski definition) is 8. The van der Waals surface area contributed by atoms with Crippen molar-refractivity contribution in [2.45, 2.75) is 37.1 Å². The summed E-state index contributed by atoms with van der Waals surface area (Å²) >= 11 is 1.01. The third-order valence-electron chi connectivity index (χ3n) is 6.19. The lowest BCUT2D eigenvalue weighted by Gasteiger charge is -2.36. The zero-order chi connectivity index (χ0) is 26.7. The third-order valence-corrected chi connectivity index (χ3v) is 9.26. The van der Waals surface area contributed by atoms with E-state index in [1.165, 1.54) is 36.9 Å². The Kier molecular flexibility index (Phi) is 7.95. The summed E-state index contributed by atoms with van der Waals surface area (Å²) in [6, 6.07) is 15.0. The van der Waals surface area contributed by atoms with E-state index in [9.17, 15) is 28.3 Å². The number of aliphatic hydroxyl groups excluding tert-OH is 1. The Balaban J connectivity index is 1.69. The van der Waals surface area contributed by atoms with E-state index in [-0.39, 0.29) is 17.3 Å². The van der Waals surface area contributed by atoms with E-state index in [0.29, 0.717) is 34.2 Å². The summed E-state index contributed by atoms with van der Waals surface area (Å²) < 4.78 is 32.9. The van der Waals surface area contributed by atoms with Crippen LogP contribution in [0.3, 0.4) is 0 Å². The fraction of sp³-hybridized carbons (Fsp3) is 0.280. The molecule has 0 radical (unpaired) electrons. The smallest absolute Gasteiger partial charge is 0.264 e. The average Bonchev–Trinajstić information content (AvgIpc) is 3.36. The maximum Gasteiger partial charge on any atom is 0.264 e. The van der Waals surface area contributed by atoms with Crippen LogP contribution in [-0.4, -0.2) is 59.4 Å². The van der Waals surface area contributed by atoms with E-state index in [1.54, 1.807) is 11.0 Å². The number of methoxy groups -OCH3 is 1. The molecule has 2 amide bonds. The Morgan fingerprint density at radius 1 is 1.16 bits per heavy atom. The Hall–Kier alpha value is -3.29. The minimum atomic E-state index is -4.28. The number of carbonyl (C=O) groups excluding carboxylic acids is 2. The van der Waals surface area contributed by atoms with Crippen molar-refractivity contribution in [1.82, 2.24) is 14.7 Å². The second-order valence-corrected chi connectivity index (χ2v) is 11.4. The zero-order valence-electron chi connectivity index (χ0n) is 20.2. The largest absolute Gasteiger partial charge is 0.497 e. The van der Waals surface area contributed by atoms with Gasteiger partial charge < -0.3 is 14.7 Å². The van der Waals surface area contributed by atoms with E-state index < -0.39 is 28.1 Å². The summed E-state index contributed by atoms with van der Waals surface area (Å²) in [5.41, 5.74) is 2.82. The Morgan fingerprint density at radius 3 is 2.43 bits per heavy atom. The van der Waals surface area contributed by atoms with Gasteiger partial charge in [0.15, 0.2) is 0 Å². The number of benzene rings is 2. The highest BCUT2D eigenvalue weighted by molar-refractivity contribution is 7.89. The molecule has 0 saturated heterocycles. The van der Waals surface area contributed by atoms with E-state index in [0.717, 1.165) is 21.2 Å². The molecule has 3 N–H and O–H groups in total. The fourth-order valence-electron chi connectivity index (χ4n) is 4.23. The lowest BCUT2D eigenvalue weighted by Crippen LogP contribution is -2.53. The lowest BCUT2D eigenvalue weighted by atomic mass is 10.0. The number of thiophene rings is 1. The topological polar surface area (TPSA) is 136 Å². The summed E-state index contributed by atoms with van der Waals surface area (Å²) in [6.07, 6.45) is -1.60. The maximum absolute atomic E-state index is 13.5. The van der Waals surface area contributed by atoms with Crippen LogP contribution in [0.5, 0.6) is 5.75 Å². The summed E-state index contributed by atoms with van der Waals surface area (Å²) in [5, 5.41) is 20.4. The van der Waals surface area contributed by atoms with Gasteiger partial charge in [-0.3, -0.25) is 14.8 Å². The van der Waals surface area contributed by atoms with Crippen molar-refractivity contribution in [3.63, 3.8) is 0 Å². The molecule has 0 unspecified atom stereocenters. The highest BCUT2D eigenvalue weighted by Gasteiger charge is 2.46. The van der Waals surface area contributed by atoms with Crippen LogP contribution in [0.1, 0.15) is 38.7 Å². The summed E-state index contributed by atoms with van der Waals surface area (Å²) in [7, 11) is -2.84. The van der Waals surface area contributed by atoms with Crippen LogP contribution >= 0.6 is 11.3 Å². The molecule has 4 rings (SSSR count). The molecule has 0 fully saturated rings. The molecule has 12 heteroatoms. The van der Waals surface area contributed by atoms with Crippen LogP contribution < -0.4 is 10.2 Å². The van der Waals surface area contributed by atoms with Crippen molar-refractivity contribution in [2.75, 3.05) is 13.7 Å². The lowest BCUT2D eigenvalue weighted by molar-refractivity contribution is -0.137. The van der Waals surface area contributed by atoms with Gasteiger partial charge in [0, 0.05) is 24.5 Å². The standard InChI is InChI=1S/C25H27N3O7S2/c1-3-27(14-16-7-5-4-6-8-16)25(31)20-13-17-15-28(21(24(30)26-32)22(29)23(17)36-20)37(33,34)19-11-9-18(35-2)10-12-19/h4-13,21-22,29,32H,3,14-15H2,1-2H3,(H,26,30)/t21-,22-/m1/s1. The number of rotatable bonds is 8. The van der Waals surface area contributed by atoms with Crippen LogP contribution in [0.4, 0.5) is 0 Å². The van der Waals surface area contributed by atoms with E-state index in [2.05, 4.69) is 0 Å². The van der Waals surface area contributed by atoms with Gasteiger partial charge in [0.25, 0.3) is 11.8 Å². The highest BCUT2D eigenvalue weighted by atomic mass is 32.2. The zero-order valence-corrected chi connectivity index (χ0v) is 21.8. The monoisotopic (exact) mass is 545 g/mol. The molecular weight excluding hydrogens is 518 g/mol. The molecule has 0 aliphatic carbocycles. The Morgan fingerprint density at radius 2 is 1.84 bits per heavy atom. The first-order valence-electron chi connectivity index (χ1n) is 11.4. The van der Waals surface area contributed by atoms with Crippen LogP contribution in [0.25, 0.3) is 0 Å². The van der Waals surface area contributed by atoms with Crippen molar-refractivity contribution in [3.05, 3.63) is 81.5 Å². The Labute approximate surface area is 218 Å². The molecule has 3 aromatic rings. The van der Waals surface area contributed by atoms with E-state index >= 15 is 0 Å². The Bertz CT molecular complexity index is 1380. The molecule has 1 aromatic heterocycles. The van der Waals surface area contributed by atoms with Crippen LogP contribution in [0.15, 0.2) is 65.6 Å². The van der Waals surface area contributed by atoms with Gasteiger partial charge in [-0.15, -0.1) is 11.3 Å². The number of aliphatic hydroxyl groups is 1. The second-order valence-electron chi connectivity index (χ2n) is 8.40. The molecule has 37 heavy (non-hydrogen) atoms. The SMILES string of the molecule is CCN(Cc1ccccc1)C(=O)c1cc2c(s1)[C@H](O)[C@H](C(=O)NO)N(S(=O)(=O)c1ccc(OC)cc1)C2. The molecule has 0 bridgehead atoms. The molecule has 1 aliphatic heterocycles. The second kappa shape index (κ2) is 11.0. The molecule has 10 nitrogen and oxygen atoms in total. The van der Waals surface area contributed by atoms with Crippen LogP contribution in [0.2, 0.25) is 0 Å². The summed E-state index contributed by atoms with van der Waals surface area (Å²) in [6.45, 7) is 2.41. The predicted molar refractivity (Wildman–Crippen MR) is 136 cm³/mol. The molecule has 196 valence electrons. The molecular formula is C25H27N3O7S2. The fourth-order valence-corrected chi connectivity index (χ4v) is 6.96. The molecule has 2 atom stereocenters. The van der Waals surface area contributed by atoms with Gasteiger partial charge >= 0.3 is 0 Å². The van der Waals surface area contributed by atoms with Crippen molar-refractivity contribution in [2.24, 2.45) is 0 Å². The van der Waals surface area contributed by atoms with Gasteiger partial charge in [0.05, 0.1) is 16.9 Å². The molecule has 0 saturated carbocycles. The van der Waals surface area contributed by atoms with Crippen LogP contribution in [0, 0.1) is 0 Å². The van der Waals surface area contributed by atoms with Gasteiger partial charge in [-0.25, -0.2) is 13.9 Å². The molecule has 2 heterocycles. The van der Waals surface area contributed by atoms with Crippen molar-refractivity contribution < 1.29 is 33.1 Å². The number of sulfonamides is 1. The van der Waals surface area contributed by atoms with Crippen LogP contribution in [-0.2, 0) is 27.9 Å². The first-order chi connectivity index (χ1) is 17.7. The number of nitrogens with one attached hydrogen (secondary N) is 1. The highest BCUT2D eigenvalue weighted by Crippen LogP contribution is 2.40. The van der Waals surface area contributed by atoms with Gasteiger partial charge in [-0.2, -0.15) is 4.31 Å². The average molecular weight is 546 g/mol. The minimum Gasteiger partial charge on any atom is -0.497 e. The summed E-state index contributed by atoms with van der Waals surface area (Å²) in [5.74, 6) is -0.914. The van der Waals surface area contributed by atoms with Crippen molar-refractivity contribution in [3.8, 4) is 5.75 Å². The number of hydroxylamine groups is 1. The number of amides is 2. The third kappa shape index (κ3) is 5.24. The molecule has 1 aliphatic rings. The van der Waals surface area contributed by atoms with E-state index in [4.69, 9.17) is 4.74 Å². The quantitative estimate of drug-likeness (QED) is 0.292. The number of hydrogen-bond donors (Lipinski definition) is 3. The van der Waals surface area contributed by atoms with Gasteiger partial charge in [0.2, 0.25) is 10.0 Å². The first kappa shape index (κ1) is 26.8. The maximum atomic E-state index is 13.5. The molecule has 2 aromatic carbocycles. The van der Waals surface area contributed by atoms with E-state index in [1.807, 2.05) is 37.3 Å². The predicted octanol–water partition coefficient (Wildman–Crippen LogP) is 2.53. The number of nitrogens with zero attached hydrogens (tertiary/aromatic N) is 2. The van der Waals surface area contributed by atoms with Crippen molar-refractivity contribution in [1.29, 1.82) is 0 Å². The minimum absolute atomic E-state index is 0.119. The van der Waals surface area contributed by atoms with Crippen molar-refractivity contribution >= 4 is 33.2 Å². The van der Waals surface area contributed by atoms with Gasteiger partial charge in [-0.05, 0) is 48.4 Å². The normalized spacial score (nSPS) is 17.6. The van der Waals surface area contributed by atoms with Gasteiger partial charge in [0.1, 0.15) is 17.9 Å². The number of carbonyl (C=O) groups is 2. The van der Waals surface area contributed by atoms with Gasteiger partial charge in [-0.1, -0.05) is 30.3 Å². The number of fused-ring (bicyclic) bond motifs is 1. The first-order valence-corrected chi connectivity index (χ1v) is 13.7. The summed E-state index contributed by atoms with van der Waals surface area (Å²) in [4.78, 5) is 28.0. The number of ether oxygens (including phenoxy) is 1. The molecule has 0 spiro atoms.